The molecule has 25 heavy (non-hydrogen) atoms. The van der Waals surface area contributed by atoms with Gasteiger partial charge in [-0.25, -0.2) is 4.68 Å². The molecule has 8 nitrogen and oxygen atoms in total. The van der Waals surface area contributed by atoms with Crippen molar-refractivity contribution in [3.8, 4) is 5.69 Å². The summed E-state index contributed by atoms with van der Waals surface area (Å²) in [5, 5.41) is 23.6. The number of fused-ring (bicyclic) bond motifs is 1. The van der Waals surface area contributed by atoms with E-state index in [1.807, 2.05) is 30.3 Å². The third-order valence-electron chi connectivity index (χ3n) is 4.17. The Morgan fingerprint density at radius 2 is 1.92 bits per heavy atom. The van der Waals surface area contributed by atoms with E-state index in [0.29, 0.717) is 23.5 Å². The highest BCUT2D eigenvalue weighted by Crippen LogP contribution is 2.20. The zero-order chi connectivity index (χ0) is 18.0. The van der Waals surface area contributed by atoms with E-state index in [9.17, 15) is 15.0 Å². The fraction of sp³-hybridized carbons (Fsp3) is 0.353. The highest BCUT2D eigenvalue weighted by Gasteiger charge is 2.26. The van der Waals surface area contributed by atoms with Gasteiger partial charge in [0.15, 0.2) is 5.65 Å². The number of hydrogen-bond donors (Lipinski definition) is 3. The summed E-state index contributed by atoms with van der Waals surface area (Å²) in [6.45, 7) is 1.73. The average molecular weight is 343 g/mol. The predicted molar refractivity (Wildman–Crippen MR) is 95.0 cm³/mol. The molecule has 0 aliphatic carbocycles. The Morgan fingerprint density at radius 1 is 1.24 bits per heavy atom. The van der Waals surface area contributed by atoms with Gasteiger partial charge in [-0.3, -0.25) is 9.78 Å². The second kappa shape index (κ2) is 6.66. The Balaban J connectivity index is 2.05. The van der Waals surface area contributed by atoms with E-state index in [1.54, 1.807) is 23.6 Å². The summed E-state index contributed by atoms with van der Waals surface area (Å²) < 4.78 is 1.61. The summed E-state index contributed by atoms with van der Waals surface area (Å²) in [5.74, 6) is 0.350. The van der Waals surface area contributed by atoms with Gasteiger partial charge in [-0.1, -0.05) is 25.1 Å². The molecule has 0 atom stereocenters. The molecule has 0 fully saturated rings. The number of para-hydroxylation sites is 1. The van der Waals surface area contributed by atoms with Crippen LogP contribution in [0.3, 0.4) is 0 Å². The second-order valence-electron chi connectivity index (χ2n) is 6.50. The van der Waals surface area contributed by atoms with Gasteiger partial charge >= 0.3 is 0 Å². The van der Waals surface area contributed by atoms with Crippen molar-refractivity contribution in [1.29, 1.82) is 0 Å². The summed E-state index contributed by atoms with van der Waals surface area (Å²) in [6, 6.07) is 9.44. The van der Waals surface area contributed by atoms with Crippen molar-refractivity contribution >= 4 is 17.0 Å². The second-order valence-corrected chi connectivity index (χ2v) is 6.50. The van der Waals surface area contributed by atoms with Crippen LogP contribution in [0.25, 0.3) is 16.7 Å². The Kier molecular flexibility index (Phi) is 4.56. The van der Waals surface area contributed by atoms with Gasteiger partial charge in [-0.05, 0) is 12.1 Å². The van der Waals surface area contributed by atoms with Crippen LogP contribution in [0.15, 0.2) is 41.3 Å². The quantitative estimate of drug-likeness (QED) is 0.603. The molecule has 0 spiro atoms. The molecular formula is C17H21N5O3. The Labute approximate surface area is 144 Å². The molecule has 0 radical (unpaired) electrons. The van der Waals surface area contributed by atoms with Gasteiger partial charge in [0.2, 0.25) is 5.95 Å². The number of anilines is 1. The lowest BCUT2D eigenvalue weighted by Gasteiger charge is -2.30. The average Bonchev–Trinajstić information content (AvgIpc) is 3.07. The lowest BCUT2D eigenvalue weighted by molar-refractivity contribution is 0.0760. The van der Waals surface area contributed by atoms with Crippen molar-refractivity contribution in [2.45, 2.75) is 6.92 Å². The SMILES string of the molecule is CN(CC(C)(CO)CO)c1nc2c(cnn2-c2ccccc2)c(=O)[nH]1. The van der Waals surface area contributed by atoms with E-state index in [2.05, 4.69) is 15.1 Å². The minimum Gasteiger partial charge on any atom is -0.396 e. The molecule has 0 aliphatic heterocycles. The number of benzene rings is 1. The Morgan fingerprint density at radius 3 is 2.56 bits per heavy atom. The first-order valence-electron chi connectivity index (χ1n) is 7.94. The van der Waals surface area contributed by atoms with Crippen LogP contribution in [-0.2, 0) is 0 Å². The maximum atomic E-state index is 12.4. The van der Waals surface area contributed by atoms with Crippen molar-refractivity contribution in [3.63, 3.8) is 0 Å². The number of nitrogens with one attached hydrogen (secondary N) is 1. The van der Waals surface area contributed by atoms with Gasteiger partial charge in [0.25, 0.3) is 5.56 Å². The molecule has 1 aromatic carbocycles. The van der Waals surface area contributed by atoms with Crippen LogP contribution in [0.2, 0.25) is 0 Å². The lowest BCUT2D eigenvalue weighted by Crippen LogP contribution is -2.40. The summed E-state index contributed by atoms with van der Waals surface area (Å²) in [4.78, 5) is 21.3. The minimum absolute atomic E-state index is 0.178. The minimum atomic E-state index is -0.706. The van der Waals surface area contributed by atoms with Crippen LogP contribution in [0.1, 0.15) is 6.92 Å². The third-order valence-corrected chi connectivity index (χ3v) is 4.17. The number of aliphatic hydroxyl groups excluding tert-OH is 2. The molecule has 2 aromatic heterocycles. The molecule has 0 amide bonds. The lowest BCUT2D eigenvalue weighted by atomic mass is 9.92. The first-order chi connectivity index (χ1) is 12.0. The largest absolute Gasteiger partial charge is 0.396 e. The number of rotatable bonds is 6. The first-order valence-corrected chi connectivity index (χ1v) is 7.94. The monoisotopic (exact) mass is 343 g/mol. The topological polar surface area (TPSA) is 107 Å². The molecule has 0 saturated heterocycles. The van der Waals surface area contributed by atoms with Gasteiger partial charge in [0.05, 0.1) is 25.1 Å². The van der Waals surface area contributed by atoms with Gasteiger partial charge in [-0.15, -0.1) is 0 Å². The summed E-state index contributed by atoms with van der Waals surface area (Å²) in [6.07, 6.45) is 1.49. The molecule has 0 unspecified atom stereocenters. The van der Waals surface area contributed by atoms with Crippen LogP contribution in [0, 0.1) is 5.41 Å². The maximum absolute atomic E-state index is 12.4. The van der Waals surface area contributed by atoms with Crippen LogP contribution in [0.4, 0.5) is 5.95 Å². The van der Waals surface area contributed by atoms with Crippen molar-refractivity contribution in [2.24, 2.45) is 5.41 Å². The zero-order valence-electron chi connectivity index (χ0n) is 14.2. The predicted octanol–water partition coefficient (Wildman–Crippen LogP) is 0.536. The smallest absolute Gasteiger partial charge is 0.263 e. The van der Waals surface area contributed by atoms with Crippen molar-refractivity contribution in [2.75, 3.05) is 31.7 Å². The Bertz CT molecular complexity index is 915. The highest BCUT2D eigenvalue weighted by molar-refractivity contribution is 5.76. The van der Waals surface area contributed by atoms with E-state index in [1.165, 1.54) is 6.20 Å². The molecule has 3 N–H and O–H groups in total. The molecule has 0 aliphatic rings. The van der Waals surface area contributed by atoms with E-state index < -0.39 is 5.41 Å². The molecule has 3 rings (SSSR count). The van der Waals surface area contributed by atoms with Crippen LogP contribution in [0.5, 0.6) is 0 Å². The van der Waals surface area contributed by atoms with Gasteiger partial charge in [0, 0.05) is 19.0 Å². The fourth-order valence-corrected chi connectivity index (χ4v) is 2.64. The normalized spacial score (nSPS) is 11.8. The van der Waals surface area contributed by atoms with E-state index in [0.717, 1.165) is 5.69 Å². The molecule has 0 saturated carbocycles. The number of hydrogen-bond acceptors (Lipinski definition) is 6. The fourth-order valence-electron chi connectivity index (χ4n) is 2.64. The van der Waals surface area contributed by atoms with E-state index in [4.69, 9.17) is 0 Å². The van der Waals surface area contributed by atoms with Gasteiger partial charge in [0.1, 0.15) is 5.39 Å². The molecule has 0 bridgehead atoms. The summed E-state index contributed by atoms with van der Waals surface area (Å²) in [5.41, 5.74) is 0.261. The number of nitrogens with zero attached hydrogens (tertiary/aromatic N) is 4. The van der Waals surface area contributed by atoms with Gasteiger partial charge in [-0.2, -0.15) is 10.1 Å². The van der Waals surface area contributed by atoms with Crippen molar-refractivity contribution < 1.29 is 10.2 Å². The van der Waals surface area contributed by atoms with Gasteiger partial charge < -0.3 is 15.1 Å². The summed E-state index contributed by atoms with van der Waals surface area (Å²) >= 11 is 0. The number of aromatic amines is 1. The van der Waals surface area contributed by atoms with E-state index >= 15 is 0 Å². The Hall–Kier alpha value is -2.71. The first kappa shape index (κ1) is 17.1. The number of aromatic nitrogens is 4. The molecule has 3 aromatic rings. The molecule has 132 valence electrons. The van der Waals surface area contributed by atoms with Crippen LogP contribution < -0.4 is 10.5 Å². The molecule has 8 heteroatoms. The molecular weight excluding hydrogens is 322 g/mol. The van der Waals surface area contributed by atoms with Crippen LogP contribution in [-0.4, -0.2) is 56.8 Å². The zero-order valence-corrected chi connectivity index (χ0v) is 14.2. The third kappa shape index (κ3) is 3.26. The maximum Gasteiger partial charge on any atom is 0.263 e. The van der Waals surface area contributed by atoms with E-state index in [-0.39, 0.29) is 18.8 Å². The van der Waals surface area contributed by atoms with Crippen molar-refractivity contribution in [1.82, 2.24) is 19.7 Å². The van der Waals surface area contributed by atoms with Crippen LogP contribution >= 0.6 is 0 Å². The summed E-state index contributed by atoms with van der Waals surface area (Å²) in [7, 11) is 1.75. The number of aliphatic hydroxyl groups is 2. The highest BCUT2D eigenvalue weighted by atomic mass is 16.3. The standard InChI is InChI=1S/C17H21N5O3/c1-17(10-23,11-24)9-21(2)16-19-14-13(15(25)20-16)8-18-22(14)12-6-4-3-5-7-12/h3-8,23-24H,9-11H2,1-2H3,(H,19,20,25). The molecule has 2 heterocycles. The van der Waals surface area contributed by atoms with Crippen molar-refractivity contribution in [3.05, 3.63) is 46.9 Å². The number of H-pyrrole nitrogens is 1.